The van der Waals surface area contributed by atoms with Crippen molar-refractivity contribution in [3.8, 4) is 0 Å². The highest BCUT2D eigenvalue weighted by Crippen LogP contribution is 2.24. The largest absolute Gasteiger partial charge is 0.481 e. The third-order valence-electron chi connectivity index (χ3n) is 1.68. The predicted molar refractivity (Wildman–Crippen MR) is 43.0 cm³/mol. The maximum absolute atomic E-state index is 12.4. The lowest BCUT2D eigenvalue weighted by Gasteiger charge is -2.11. The highest BCUT2D eigenvalue weighted by atomic mass is 19.3. The monoisotopic (exact) mass is 202 g/mol. The van der Waals surface area contributed by atoms with Gasteiger partial charge in [-0.15, -0.1) is 0 Å². The molecule has 0 fully saturated rings. The van der Waals surface area contributed by atoms with Crippen LogP contribution in [0.15, 0.2) is 18.6 Å². The van der Waals surface area contributed by atoms with Gasteiger partial charge in [0, 0.05) is 6.20 Å². The van der Waals surface area contributed by atoms with Gasteiger partial charge >= 0.3 is 5.97 Å². The van der Waals surface area contributed by atoms with Crippen LogP contribution in [0.4, 0.5) is 8.78 Å². The van der Waals surface area contributed by atoms with Crippen LogP contribution in [0.25, 0.3) is 0 Å². The summed E-state index contributed by atoms with van der Waals surface area (Å²) >= 11 is 0. The van der Waals surface area contributed by atoms with Crippen LogP contribution in [0, 0.1) is 0 Å². The average Bonchev–Trinajstić information content (AvgIpc) is 2.15. The minimum absolute atomic E-state index is 0.0531. The Morgan fingerprint density at radius 3 is 2.71 bits per heavy atom. The molecule has 0 saturated heterocycles. The summed E-state index contributed by atoms with van der Waals surface area (Å²) in [6, 6.07) is 1.29. The lowest BCUT2D eigenvalue weighted by atomic mass is 10.0. The first-order chi connectivity index (χ1) is 6.61. The number of hydrogen-bond donors (Lipinski definition) is 1. The molecule has 1 unspecified atom stereocenters. The maximum Gasteiger partial charge on any atom is 0.304 e. The van der Waals surface area contributed by atoms with Gasteiger partial charge in [-0.1, -0.05) is 0 Å². The van der Waals surface area contributed by atoms with Crippen LogP contribution in [0.3, 0.4) is 0 Å². The van der Waals surface area contributed by atoms with E-state index in [0.717, 1.165) is 6.33 Å². The first kappa shape index (κ1) is 10.5. The van der Waals surface area contributed by atoms with E-state index in [1.165, 1.54) is 12.3 Å². The van der Waals surface area contributed by atoms with Crippen LogP contribution in [-0.4, -0.2) is 27.5 Å². The van der Waals surface area contributed by atoms with E-state index in [-0.39, 0.29) is 5.69 Å². The third-order valence-corrected chi connectivity index (χ3v) is 1.68. The molecule has 1 heterocycles. The Bertz CT molecular complexity index is 305. The van der Waals surface area contributed by atoms with E-state index in [2.05, 4.69) is 9.97 Å². The van der Waals surface area contributed by atoms with Gasteiger partial charge in [-0.2, -0.15) is 0 Å². The second-order valence-corrected chi connectivity index (χ2v) is 2.67. The number of aliphatic carboxylic acids is 1. The highest BCUT2D eigenvalue weighted by Gasteiger charge is 2.26. The van der Waals surface area contributed by atoms with Crippen molar-refractivity contribution in [3.63, 3.8) is 0 Å². The highest BCUT2D eigenvalue weighted by molar-refractivity contribution is 5.68. The Morgan fingerprint density at radius 2 is 2.29 bits per heavy atom. The number of nitrogens with zero attached hydrogens (tertiary/aromatic N) is 2. The normalized spacial score (nSPS) is 12.8. The SMILES string of the molecule is O=C(O)CC(c1ccncn1)C(F)F. The van der Waals surface area contributed by atoms with Crippen LogP contribution in [0.2, 0.25) is 0 Å². The van der Waals surface area contributed by atoms with E-state index in [1.54, 1.807) is 0 Å². The van der Waals surface area contributed by atoms with Gasteiger partial charge < -0.3 is 5.11 Å². The molecule has 1 rings (SSSR count). The summed E-state index contributed by atoms with van der Waals surface area (Å²) < 4.78 is 24.8. The molecule has 1 atom stereocenters. The molecule has 0 aromatic carbocycles. The molecular formula is C8H8F2N2O2. The summed E-state index contributed by atoms with van der Waals surface area (Å²) in [6.07, 6.45) is -0.943. The molecule has 0 bridgehead atoms. The lowest BCUT2D eigenvalue weighted by molar-refractivity contribution is -0.138. The lowest BCUT2D eigenvalue weighted by Crippen LogP contribution is -2.15. The number of hydrogen-bond acceptors (Lipinski definition) is 3. The van der Waals surface area contributed by atoms with Crippen molar-refractivity contribution in [2.24, 2.45) is 0 Å². The number of carboxylic acids is 1. The molecule has 6 heteroatoms. The van der Waals surface area contributed by atoms with E-state index < -0.39 is 24.7 Å². The van der Waals surface area contributed by atoms with Crippen molar-refractivity contribution in [1.29, 1.82) is 0 Å². The van der Waals surface area contributed by atoms with Crippen LogP contribution >= 0.6 is 0 Å². The number of halogens is 2. The topological polar surface area (TPSA) is 63.1 Å². The second kappa shape index (κ2) is 4.59. The zero-order chi connectivity index (χ0) is 10.6. The Labute approximate surface area is 78.6 Å². The number of rotatable bonds is 4. The Morgan fingerprint density at radius 1 is 1.57 bits per heavy atom. The van der Waals surface area contributed by atoms with Gasteiger partial charge in [0.2, 0.25) is 6.43 Å². The van der Waals surface area contributed by atoms with E-state index in [9.17, 15) is 13.6 Å². The quantitative estimate of drug-likeness (QED) is 0.799. The van der Waals surface area contributed by atoms with Crippen molar-refractivity contribution in [3.05, 3.63) is 24.3 Å². The smallest absolute Gasteiger partial charge is 0.304 e. The fraction of sp³-hybridized carbons (Fsp3) is 0.375. The summed E-state index contributed by atoms with van der Waals surface area (Å²) in [7, 11) is 0. The van der Waals surface area contributed by atoms with Gasteiger partial charge in [0.1, 0.15) is 6.33 Å². The number of carboxylic acid groups (broad SMARTS) is 1. The second-order valence-electron chi connectivity index (χ2n) is 2.67. The molecule has 0 saturated carbocycles. The van der Waals surface area contributed by atoms with Gasteiger partial charge in [-0.05, 0) is 6.07 Å². The summed E-state index contributed by atoms with van der Waals surface area (Å²) in [5.74, 6) is -2.63. The van der Waals surface area contributed by atoms with Crippen molar-refractivity contribution in [2.45, 2.75) is 18.8 Å². The molecule has 14 heavy (non-hydrogen) atoms. The Hall–Kier alpha value is -1.59. The number of alkyl halides is 2. The number of carbonyl (C=O) groups is 1. The summed E-state index contributed by atoms with van der Waals surface area (Å²) in [5, 5.41) is 8.42. The Kier molecular flexibility index (Phi) is 3.44. The first-order valence-electron chi connectivity index (χ1n) is 3.87. The molecule has 1 aromatic rings. The minimum atomic E-state index is -2.74. The van der Waals surface area contributed by atoms with E-state index in [1.807, 2.05) is 0 Å². The van der Waals surface area contributed by atoms with Crippen LogP contribution in [0.1, 0.15) is 18.0 Å². The molecule has 4 nitrogen and oxygen atoms in total. The van der Waals surface area contributed by atoms with Gasteiger partial charge in [-0.25, -0.2) is 18.7 Å². The van der Waals surface area contributed by atoms with Crippen molar-refractivity contribution in [1.82, 2.24) is 9.97 Å². The first-order valence-corrected chi connectivity index (χ1v) is 3.87. The van der Waals surface area contributed by atoms with Crippen molar-refractivity contribution >= 4 is 5.97 Å². The van der Waals surface area contributed by atoms with Gasteiger partial charge in [0.05, 0.1) is 18.0 Å². The van der Waals surface area contributed by atoms with E-state index in [4.69, 9.17) is 5.11 Å². The molecular weight excluding hydrogens is 194 g/mol. The van der Waals surface area contributed by atoms with Crippen molar-refractivity contribution < 1.29 is 18.7 Å². The standard InChI is InChI=1S/C8H8F2N2O2/c9-8(10)5(3-7(13)14)6-1-2-11-4-12-6/h1-2,4-5,8H,3H2,(H,13,14). The molecule has 0 amide bonds. The van der Waals surface area contributed by atoms with E-state index >= 15 is 0 Å². The van der Waals surface area contributed by atoms with E-state index in [0.29, 0.717) is 0 Å². The summed E-state index contributed by atoms with van der Waals surface area (Å²) in [6.45, 7) is 0. The fourth-order valence-corrected chi connectivity index (χ4v) is 1.03. The molecule has 0 aliphatic heterocycles. The molecule has 1 aromatic heterocycles. The maximum atomic E-state index is 12.4. The molecule has 76 valence electrons. The minimum Gasteiger partial charge on any atom is -0.481 e. The van der Waals surface area contributed by atoms with Gasteiger partial charge in [-0.3, -0.25) is 4.79 Å². The van der Waals surface area contributed by atoms with Crippen LogP contribution in [-0.2, 0) is 4.79 Å². The Balaban J connectivity index is 2.83. The average molecular weight is 202 g/mol. The van der Waals surface area contributed by atoms with Crippen LogP contribution in [0.5, 0.6) is 0 Å². The number of aromatic nitrogens is 2. The summed E-state index contributed by atoms with van der Waals surface area (Å²) in [5.41, 5.74) is 0.0531. The summed E-state index contributed by atoms with van der Waals surface area (Å²) in [4.78, 5) is 17.5. The zero-order valence-electron chi connectivity index (χ0n) is 7.10. The molecule has 0 aliphatic rings. The van der Waals surface area contributed by atoms with Gasteiger partial charge in [0.15, 0.2) is 0 Å². The third kappa shape index (κ3) is 2.72. The molecule has 0 spiro atoms. The fourth-order valence-electron chi connectivity index (χ4n) is 1.03. The predicted octanol–water partition coefficient (Wildman–Crippen LogP) is 1.30. The van der Waals surface area contributed by atoms with Crippen molar-refractivity contribution in [2.75, 3.05) is 0 Å². The molecule has 1 N–H and O–H groups in total. The molecule has 0 radical (unpaired) electrons. The molecule has 0 aliphatic carbocycles. The zero-order valence-corrected chi connectivity index (χ0v) is 7.10. The van der Waals surface area contributed by atoms with Crippen LogP contribution < -0.4 is 0 Å². The van der Waals surface area contributed by atoms with Gasteiger partial charge in [0.25, 0.3) is 0 Å².